The average molecular weight is 310 g/mol. The minimum atomic E-state index is -0.384. The van der Waals surface area contributed by atoms with E-state index in [0.717, 1.165) is 10.0 Å². The highest BCUT2D eigenvalue weighted by Gasteiger charge is 2.08. The first kappa shape index (κ1) is 13.1. The molecule has 18 heavy (non-hydrogen) atoms. The molecule has 2 nitrogen and oxygen atoms in total. The van der Waals surface area contributed by atoms with Crippen LogP contribution in [0.25, 0.3) is 0 Å². The van der Waals surface area contributed by atoms with Crippen LogP contribution in [0.5, 0.6) is 11.5 Å². The van der Waals surface area contributed by atoms with Crippen LogP contribution in [-0.4, -0.2) is 0 Å². The molecule has 0 amide bonds. The summed E-state index contributed by atoms with van der Waals surface area (Å²) >= 11 is 3.43. The lowest BCUT2D eigenvalue weighted by Crippen LogP contribution is -2.05. The quantitative estimate of drug-likeness (QED) is 0.912. The molecule has 2 N–H and O–H groups in total. The molecule has 94 valence electrons. The van der Waals surface area contributed by atoms with Crippen LogP contribution in [0.3, 0.4) is 0 Å². The van der Waals surface area contributed by atoms with E-state index in [2.05, 4.69) is 15.9 Å². The Balaban J connectivity index is 2.26. The molecular weight excluding hydrogens is 297 g/mol. The lowest BCUT2D eigenvalue weighted by atomic mass is 10.1. The molecule has 0 heterocycles. The minimum Gasteiger partial charge on any atom is -0.454 e. The first-order valence-corrected chi connectivity index (χ1v) is 6.34. The molecule has 0 aliphatic heterocycles. The Labute approximate surface area is 114 Å². The zero-order valence-electron chi connectivity index (χ0n) is 9.86. The van der Waals surface area contributed by atoms with Gasteiger partial charge in [0.15, 0.2) is 11.6 Å². The summed E-state index contributed by atoms with van der Waals surface area (Å²) in [4.78, 5) is 0. The van der Waals surface area contributed by atoms with Crippen LogP contribution >= 0.6 is 15.9 Å². The van der Waals surface area contributed by atoms with Gasteiger partial charge in [-0.3, -0.25) is 0 Å². The van der Waals surface area contributed by atoms with E-state index in [-0.39, 0.29) is 17.6 Å². The Kier molecular flexibility index (Phi) is 3.99. The van der Waals surface area contributed by atoms with Crippen LogP contribution in [-0.2, 0) is 0 Å². The Hall–Kier alpha value is -1.39. The molecule has 1 atom stereocenters. The largest absolute Gasteiger partial charge is 0.454 e. The predicted octanol–water partition coefficient (Wildman–Crippen LogP) is 4.40. The van der Waals surface area contributed by atoms with Gasteiger partial charge < -0.3 is 10.5 Å². The molecular formula is C14H13BrFNO. The first-order valence-electron chi connectivity index (χ1n) is 5.55. The van der Waals surface area contributed by atoms with E-state index in [1.54, 1.807) is 30.3 Å². The number of ether oxygens (including phenoxy) is 1. The van der Waals surface area contributed by atoms with Crippen molar-refractivity contribution in [1.82, 2.24) is 0 Å². The predicted molar refractivity (Wildman–Crippen MR) is 73.2 cm³/mol. The van der Waals surface area contributed by atoms with Gasteiger partial charge in [-0.25, -0.2) is 4.39 Å². The van der Waals surface area contributed by atoms with Gasteiger partial charge in [-0.1, -0.05) is 34.1 Å². The minimum absolute atomic E-state index is 0.0677. The summed E-state index contributed by atoms with van der Waals surface area (Å²) in [7, 11) is 0. The fraction of sp³-hybridized carbons (Fsp3) is 0.143. The Bertz CT molecular complexity index is 557. The van der Waals surface area contributed by atoms with Gasteiger partial charge in [0.05, 0.1) is 0 Å². The van der Waals surface area contributed by atoms with Crippen molar-refractivity contribution in [2.24, 2.45) is 5.73 Å². The standard InChI is InChI=1S/C14H13BrFNO/c1-9(17)11-7-6-10(8-12(11)15)18-14-5-3-2-4-13(14)16/h2-9H,17H2,1H3. The van der Waals surface area contributed by atoms with E-state index >= 15 is 0 Å². The van der Waals surface area contributed by atoms with E-state index in [9.17, 15) is 4.39 Å². The lowest BCUT2D eigenvalue weighted by Gasteiger charge is -2.11. The topological polar surface area (TPSA) is 35.2 Å². The molecule has 2 rings (SSSR count). The molecule has 0 saturated carbocycles. The third-order valence-corrected chi connectivity index (χ3v) is 3.21. The zero-order valence-corrected chi connectivity index (χ0v) is 11.4. The van der Waals surface area contributed by atoms with Gasteiger partial charge >= 0.3 is 0 Å². The van der Waals surface area contributed by atoms with E-state index in [0.29, 0.717) is 5.75 Å². The van der Waals surface area contributed by atoms with Crippen LogP contribution < -0.4 is 10.5 Å². The van der Waals surface area contributed by atoms with Crippen molar-refractivity contribution in [2.45, 2.75) is 13.0 Å². The number of nitrogens with two attached hydrogens (primary N) is 1. The van der Waals surface area contributed by atoms with Crippen molar-refractivity contribution in [3.63, 3.8) is 0 Å². The third kappa shape index (κ3) is 2.89. The molecule has 2 aromatic carbocycles. The summed E-state index contributed by atoms with van der Waals surface area (Å²) in [5.41, 5.74) is 6.79. The molecule has 0 saturated heterocycles. The fourth-order valence-electron chi connectivity index (χ4n) is 1.60. The monoisotopic (exact) mass is 309 g/mol. The van der Waals surface area contributed by atoms with E-state index < -0.39 is 0 Å². The Morgan fingerprint density at radius 1 is 1.22 bits per heavy atom. The van der Waals surface area contributed by atoms with Gasteiger partial charge in [0.2, 0.25) is 0 Å². The maximum atomic E-state index is 13.4. The maximum absolute atomic E-state index is 13.4. The number of benzene rings is 2. The number of para-hydroxylation sites is 1. The van der Waals surface area contributed by atoms with E-state index in [4.69, 9.17) is 10.5 Å². The highest BCUT2D eigenvalue weighted by atomic mass is 79.9. The highest BCUT2D eigenvalue weighted by molar-refractivity contribution is 9.10. The number of halogens is 2. The van der Waals surface area contributed by atoms with Gasteiger partial charge in [0, 0.05) is 10.5 Å². The lowest BCUT2D eigenvalue weighted by molar-refractivity contribution is 0.442. The molecule has 0 aliphatic rings. The second-order valence-electron chi connectivity index (χ2n) is 4.00. The summed E-state index contributed by atoms with van der Waals surface area (Å²) < 4.78 is 19.8. The Morgan fingerprint density at radius 3 is 2.56 bits per heavy atom. The molecule has 0 bridgehead atoms. The van der Waals surface area contributed by atoms with Gasteiger partial charge in [-0.05, 0) is 36.8 Å². The van der Waals surface area contributed by atoms with Crippen LogP contribution in [0.2, 0.25) is 0 Å². The summed E-state index contributed by atoms with van der Waals surface area (Å²) in [6.07, 6.45) is 0. The van der Waals surface area contributed by atoms with Crippen LogP contribution in [0.4, 0.5) is 4.39 Å². The average Bonchev–Trinajstić information content (AvgIpc) is 2.32. The summed E-state index contributed by atoms with van der Waals surface area (Å²) in [5.74, 6) is 0.388. The van der Waals surface area contributed by atoms with Crippen LogP contribution in [0.15, 0.2) is 46.9 Å². The summed E-state index contributed by atoms with van der Waals surface area (Å²) in [5, 5.41) is 0. The number of rotatable bonds is 3. The maximum Gasteiger partial charge on any atom is 0.165 e. The molecule has 0 radical (unpaired) electrons. The SMILES string of the molecule is CC(N)c1ccc(Oc2ccccc2F)cc1Br. The van der Waals surface area contributed by atoms with E-state index in [1.165, 1.54) is 6.07 Å². The molecule has 4 heteroatoms. The summed E-state index contributed by atoms with van der Waals surface area (Å²) in [6.45, 7) is 1.90. The third-order valence-electron chi connectivity index (χ3n) is 2.53. The summed E-state index contributed by atoms with van der Waals surface area (Å²) in [6, 6.07) is 11.7. The molecule has 0 aromatic heterocycles. The second-order valence-corrected chi connectivity index (χ2v) is 4.86. The molecule has 0 spiro atoms. The van der Waals surface area contributed by atoms with Crippen molar-refractivity contribution in [1.29, 1.82) is 0 Å². The van der Waals surface area contributed by atoms with Crippen molar-refractivity contribution in [3.05, 3.63) is 58.3 Å². The van der Waals surface area contributed by atoms with Gasteiger partial charge in [0.25, 0.3) is 0 Å². The van der Waals surface area contributed by atoms with E-state index in [1.807, 2.05) is 13.0 Å². The van der Waals surface area contributed by atoms with Crippen molar-refractivity contribution >= 4 is 15.9 Å². The molecule has 1 unspecified atom stereocenters. The van der Waals surface area contributed by atoms with Gasteiger partial charge in [-0.2, -0.15) is 0 Å². The first-order chi connectivity index (χ1) is 8.58. The molecule has 2 aromatic rings. The van der Waals surface area contributed by atoms with Crippen molar-refractivity contribution in [3.8, 4) is 11.5 Å². The molecule has 0 fully saturated rings. The number of hydrogen-bond donors (Lipinski definition) is 1. The fourth-order valence-corrected chi connectivity index (χ4v) is 2.31. The normalized spacial score (nSPS) is 12.2. The zero-order chi connectivity index (χ0) is 13.1. The molecule has 0 aliphatic carbocycles. The van der Waals surface area contributed by atoms with Gasteiger partial charge in [-0.15, -0.1) is 0 Å². The highest BCUT2D eigenvalue weighted by Crippen LogP contribution is 2.30. The van der Waals surface area contributed by atoms with Crippen LogP contribution in [0.1, 0.15) is 18.5 Å². The Morgan fingerprint density at radius 2 is 1.94 bits per heavy atom. The van der Waals surface area contributed by atoms with Crippen molar-refractivity contribution in [2.75, 3.05) is 0 Å². The van der Waals surface area contributed by atoms with Crippen molar-refractivity contribution < 1.29 is 9.13 Å². The second kappa shape index (κ2) is 5.50. The van der Waals surface area contributed by atoms with Crippen LogP contribution in [0, 0.1) is 5.82 Å². The van der Waals surface area contributed by atoms with Gasteiger partial charge in [0.1, 0.15) is 5.75 Å². The number of hydrogen-bond acceptors (Lipinski definition) is 2. The smallest absolute Gasteiger partial charge is 0.165 e.